The van der Waals surface area contributed by atoms with Gasteiger partial charge in [0.2, 0.25) is 0 Å². The third-order valence-corrected chi connectivity index (χ3v) is 4.85. The quantitative estimate of drug-likeness (QED) is 0.803. The van der Waals surface area contributed by atoms with E-state index in [0.717, 1.165) is 40.4 Å². The molecule has 0 radical (unpaired) electrons. The maximum absolute atomic E-state index is 12.8. The predicted octanol–water partition coefficient (Wildman–Crippen LogP) is 4.16. The molecule has 4 nitrogen and oxygen atoms in total. The Labute approximate surface area is 136 Å². The van der Waals surface area contributed by atoms with Gasteiger partial charge in [-0.05, 0) is 31.9 Å². The molecule has 0 aliphatic rings. The number of unbranched alkanes of at least 4 members (excludes halogenated alkanes) is 1. The lowest BCUT2D eigenvalue weighted by atomic mass is 10.0. The molecule has 2 rings (SSSR count). The molecular formula is C17H23N3OS. The normalized spacial score (nSPS) is 12.2. The Balaban J connectivity index is 2.26. The standard InChI is InChI=1S/C17H23N3OS/c1-5-6-9-15(14-8-7-10-18-11-14)20(4)17(21)16-12(2)19-13(3)22-16/h7-8,10-11,15H,5-6,9H2,1-4H3. The fourth-order valence-corrected chi connectivity index (χ4v) is 3.49. The number of hydrogen-bond donors (Lipinski definition) is 0. The molecule has 1 amide bonds. The molecule has 0 aromatic carbocycles. The summed E-state index contributed by atoms with van der Waals surface area (Å²) in [6, 6.07) is 4.03. The average Bonchev–Trinajstić information content (AvgIpc) is 2.86. The molecule has 0 aliphatic heterocycles. The first kappa shape index (κ1) is 16.6. The highest BCUT2D eigenvalue weighted by molar-refractivity contribution is 7.13. The van der Waals surface area contributed by atoms with Crippen LogP contribution in [0.3, 0.4) is 0 Å². The molecule has 0 bridgehead atoms. The zero-order chi connectivity index (χ0) is 16.1. The van der Waals surface area contributed by atoms with Crippen LogP contribution in [-0.2, 0) is 0 Å². The summed E-state index contributed by atoms with van der Waals surface area (Å²) in [5.41, 5.74) is 1.91. The largest absolute Gasteiger partial charge is 0.334 e. The van der Waals surface area contributed by atoms with Gasteiger partial charge in [0.15, 0.2) is 0 Å². The van der Waals surface area contributed by atoms with Gasteiger partial charge in [-0.1, -0.05) is 25.8 Å². The third kappa shape index (κ3) is 3.71. The second-order valence-corrected chi connectivity index (χ2v) is 6.71. The molecule has 0 saturated carbocycles. The van der Waals surface area contributed by atoms with Crippen LogP contribution in [0.4, 0.5) is 0 Å². The molecule has 0 aliphatic carbocycles. The number of pyridine rings is 1. The number of aromatic nitrogens is 2. The molecule has 1 unspecified atom stereocenters. The minimum Gasteiger partial charge on any atom is -0.334 e. The van der Waals surface area contributed by atoms with Crippen LogP contribution >= 0.6 is 11.3 Å². The van der Waals surface area contributed by atoms with Crippen molar-refractivity contribution in [2.24, 2.45) is 0 Å². The van der Waals surface area contributed by atoms with E-state index < -0.39 is 0 Å². The highest BCUT2D eigenvalue weighted by atomic mass is 32.1. The van der Waals surface area contributed by atoms with Crippen molar-refractivity contribution in [1.82, 2.24) is 14.9 Å². The summed E-state index contributed by atoms with van der Waals surface area (Å²) >= 11 is 1.47. The van der Waals surface area contributed by atoms with Gasteiger partial charge >= 0.3 is 0 Å². The summed E-state index contributed by atoms with van der Waals surface area (Å²) in [5, 5.41) is 0.931. The van der Waals surface area contributed by atoms with Gasteiger partial charge < -0.3 is 4.90 Å². The number of thiazole rings is 1. The predicted molar refractivity (Wildman–Crippen MR) is 90.2 cm³/mol. The van der Waals surface area contributed by atoms with E-state index in [2.05, 4.69) is 16.9 Å². The highest BCUT2D eigenvalue weighted by Crippen LogP contribution is 2.28. The van der Waals surface area contributed by atoms with E-state index in [4.69, 9.17) is 0 Å². The van der Waals surface area contributed by atoms with Crippen molar-refractivity contribution in [3.63, 3.8) is 0 Å². The lowest BCUT2D eigenvalue weighted by Gasteiger charge is -2.28. The van der Waals surface area contributed by atoms with Crippen molar-refractivity contribution in [2.75, 3.05) is 7.05 Å². The second-order valence-electron chi connectivity index (χ2n) is 5.51. The van der Waals surface area contributed by atoms with E-state index in [1.165, 1.54) is 11.3 Å². The van der Waals surface area contributed by atoms with Crippen LogP contribution in [-0.4, -0.2) is 27.8 Å². The molecule has 2 heterocycles. The van der Waals surface area contributed by atoms with Crippen molar-refractivity contribution in [2.45, 2.75) is 46.1 Å². The van der Waals surface area contributed by atoms with Gasteiger partial charge in [0.05, 0.1) is 16.7 Å². The maximum Gasteiger partial charge on any atom is 0.266 e. The van der Waals surface area contributed by atoms with Gasteiger partial charge in [-0.3, -0.25) is 9.78 Å². The lowest BCUT2D eigenvalue weighted by molar-refractivity contribution is 0.0724. The van der Waals surface area contributed by atoms with Crippen LogP contribution in [0.25, 0.3) is 0 Å². The summed E-state index contributed by atoms with van der Waals surface area (Å²) in [7, 11) is 1.88. The Morgan fingerprint density at radius 2 is 2.18 bits per heavy atom. The van der Waals surface area contributed by atoms with Crippen molar-refractivity contribution in [3.05, 3.63) is 45.7 Å². The zero-order valence-electron chi connectivity index (χ0n) is 13.7. The fourth-order valence-electron chi connectivity index (χ4n) is 2.59. The summed E-state index contributed by atoms with van der Waals surface area (Å²) in [4.78, 5) is 24.0. The molecule has 5 heteroatoms. The van der Waals surface area contributed by atoms with Gasteiger partial charge in [-0.25, -0.2) is 4.98 Å². The summed E-state index contributed by atoms with van der Waals surface area (Å²) in [6.07, 6.45) is 6.75. The minimum absolute atomic E-state index is 0.0491. The van der Waals surface area contributed by atoms with Gasteiger partial charge in [-0.15, -0.1) is 11.3 Å². The number of rotatable bonds is 6. The first-order valence-electron chi connectivity index (χ1n) is 7.65. The molecule has 0 fully saturated rings. The number of carbonyl (C=O) groups excluding carboxylic acids is 1. The third-order valence-electron chi connectivity index (χ3n) is 3.79. The molecule has 2 aromatic heterocycles. The van der Waals surface area contributed by atoms with Gasteiger partial charge in [0.25, 0.3) is 5.91 Å². The first-order chi connectivity index (χ1) is 10.5. The van der Waals surface area contributed by atoms with Crippen LogP contribution in [0.15, 0.2) is 24.5 Å². The second kappa shape index (κ2) is 7.49. The monoisotopic (exact) mass is 317 g/mol. The van der Waals surface area contributed by atoms with Gasteiger partial charge in [0, 0.05) is 19.4 Å². The summed E-state index contributed by atoms with van der Waals surface area (Å²) < 4.78 is 0. The maximum atomic E-state index is 12.8. The highest BCUT2D eigenvalue weighted by Gasteiger charge is 2.25. The minimum atomic E-state index is 0.0491. The van der Waals surface area contributed by atoms with Crippen LogP contribution in [0.1, 0.15) is 58.2 Å². The van der Waals surface area contributed by atoms with Gasteiger partial charge in [-0.2, -0.15) is 0 Å². The van der Waals surface area contributed by atoms with Crippen LogP contribution < -0.4 is 0 Å². The summed E-state index contributed by atoms with van der Waals surface area (Å²) in [5.74, 6) is 0.0491. The zero-order valence-corrected chi connectivity index (χ0v) is 14.5. The van der Waals surface area contributed by atoms with Gasteiger partial charge in [0.1, 0.15) is 4.88 Å². The Kier molecular flexibility index (Phi) is 5.66. The molecule has 1 atom stereocenters. The number of carbonyl (C=O) groups is 1. The topological polar surface area (TPSA) is 46.1 Å². The van der Waals surface area contributed by atoms with Crippen molar-refractivity contribution >= 4 is 17.2 Å². The van der Waals surface area contributed by atoms with E-state index in [9.17, 15) is 4.79 Å². The Hall–Kier alpha value is -1.75. The summed E-state index contributed by atoms with van der Waals surface area (Å²) in [6.45, 7) is 6.00. The molecule has 22 heavy (non-hydrogen) atoms. The average molecular weight is 317 g/mol. The molecular weight excluding hydrogens is 294 g/mol. The Bertz CT molecular complexity index is 624. The van der Waals surface area contributed by atoms with Crippen LogP contribution in [0.2, 0.25) is 0 Å². The number of aryl methyl sites for hydroxylation is 2. The Morgan fingerprint density at radius 3 is 2.73 bits per heavy atom. The van der Waals surface area contributed by atoms with Crippen molar-refractivity contribution < 1.29 is 4.79 Å². The fraction of sp³-hybridized carbons (Fsp3) is 0.471. The van der Waals surface area contributed by atoms with E-state index in [1.807, 2.05) is 44.1 Å². The lowest BCUT2D eigenvalue weighted by Crippen LogP contribution is -2.31. The molecule has 2 aromatic rings. The number of hydrogen-bond acceptors (Lipinski definition) is 4. The van der Waals surface area contributed by atoms with E-state index in [1.54, 1.807) is 6.20 Å². The molecule has 0 N–H and O–H groups in total. The number of amides is 1. The van der Waals surface area contributed by atoms with E-state index in [0.29, 0.717) is 0 Å². The van der Waals surface area contributed by atoms with Crippen molar-refractivity contribution in [3.8, 4) is 0 Å². The van der Waals surface area contributed by atoms with E-state index >= 15 is 0 Å². The van der Waals surface area contributed by atoms with Crippen LogP contribution in [0, 0.1) is 13.8 Å². The Morgan fingerprint density at radius 1 is 1.41 bits per heavy atom. The molecule has 0 spiro atoms. The SMILES string of the molecule is CCCCC(c1cccnc1)N(C)C(=O)c1sc(C)nc1C. The van der Waals surface area contributed by atoms with E-state index in [-0.39, 0.29) is 11.9 Å². The van der Waals surface area contributed by atoms with Crippen LogP contribution in [0.5, 0.6) is 0 Å². The smallest absolute Gasteiger partial charge is 0.266 e. The molecule has 118 valence electrons. The van der Waals surface area contributed by atoms with Crippen molar-refractivity contribution in [1.29, 1.82) is 0 Å². The first-order valence-corrected chi connectivity index (χ1v) is 8.47. The number of nitrogens with zero attached hydrogens (tertiary/aromatic N) is 3. The molecule has 0 saturated heterocycles.